The van der Waals surface area contributed by atoms with Crippen LogP contribution >= 0.6 is 0 Å². The Balaban J connectivity index is 2.52. The van der Waals surface area contributed by atoms with Gasteiger partial charge in [-0.05, 0) is 43.9 Å². The Bertz CT molecular complexity index is 578. The predicted octanol–water partition coefficient (Wildman–Crippen LogP) is 3.32. The van der Waals surface area contributed by atoms with Crippen molar-refractivity contribution < 1.29 is 4.79 Å². The lowest BCUT2D eigenvalue weighted by Gasteiger charge is -2.04. The highest BCUT2D eigenvalue weighted by Gasteiger charge is 2.10. The fourth-order valence-electron chi connectivity index (χ4n) is 2.39. The monoisotopic (exact) mass is 229 g/mol. The third-order valence-electron chi connectivity index (χ3n) is 3.50. The third kappa shape index (κ3) is 2.12. The molecule has 1 aromatic carbocycles. The lowest BCUT2D eigenvalue weighted by atomic mass is 10.0. The smallest absolute Gasteiger partial charge is 0.130 e. The van der Waals surface area contributed by atoms with Crippen molar-refractivity contribution >= 4 is 16.7 Å². The molecule has 2 rings (SSSR count). The number of Topliss-reactive ketones (excluding diaryl/α,β-unsaturated/α-hetero) is 1. The van der Waals surface area contributed by atoms with Gasteiger partial charge in [-0.1, -0.05) is 12.1 Å². The molecule has 0 bridgehead atoms. The molecular weight excluding hydrogens is 210 g/mol. The highest BCUT2D eigenvalue weighted by atomic mass is 16.1. The first-order chi connectivity index (χ1) is 8.00. The first-order valence-electron chi connectivity index (χ1n) is 6.04. The molecule has 2 heteroatoms. The molecule has 1 aromatic heterocycles. The summed E-state index contributed by atoms with van der Waals surface area (Å²) in [5, 5.41) is 1.29. The number of carbonyl (C=O) groups is 1. The van der Waals surface area contributed by atoms with E-state index < -0.39 is 0 Å². The summed E-state index contributed by atoms with van der Waals surface area (Å²) in [6.07, 6.45) is 3.63. The van der Waals surface area contributed by atoms with Gasteiger partial charge in [-0.3, -0.25) is 0 Å². The Morgan fingerprint density at radius 1 is 1.29 bits per heavy atom. The van der Waals surface area contributed by atoms with E-state index in [1.54, 1.807) is 6.92 Å². The normalized spacial score (nSPS) is 11.1. The summed E-state index contributed by atoms with van der Waals surface area (Å²) in [5.74, 6) is 0.255. The standard InChI is InChI=1S/C15H19NO/c1-10-5-8-14-13(7-6-11(2)17)9-16(4)15(14)12(10)3/h5,8-9H,6-7H2,1-4H3. The number of hydrogen-bond acceptors (Lipinski definition) is 1. The van der Waals surface area contributed by atoms with Crippen LogP contribution in [0.1, 0.15) is 30.0 Å². The summed E-state index contributed by atoms with van der Waals surface area (Å²) < 4.78 is 2.17. The van der Waals surface area contributed by atoms with Gasteiger partial charge in [0.1, 0.15) is 5.78 Å². The van der Waals surface area contributed by atoms with Crippen LogP contribution in [0.3, 0.4) is 0 Å². The van der Waals surface area contributed by atoms with Crippen LogP contribution in [0.5, 0.6) is 0 Å². The number of fused-ring (bicyclic) bond motifs is 1. The Morgan fingerprint density at radius 2 is 2.00 bits per heavy atom. The van der Waals surface area contributed by atoms with Gasteiger partial charge in [-0.15, -0.1) is 0 Å². The van der Waals surface area contributed by atoms with Gasteiger partial charge in [0.2, 0.25) is 0 Å². The van der Waals surface area contributed by atoms with Crippen LogP contribution in [0.15, 0.2) is 18.3 Å². The number of nitrogens with zero attached hydrogens (tertiary/aromatic N) is 1. The number of aryl methyl sites for hydroxylation is 4. The SMILES string of the molecule is CC(=O)CCc1cn(C)c2c(C)c(C)ccc12. The van der Waals surface area contributed by atoms with Crippen molar-refractivity contribution in [2.24, 2.45) is 7.05 Å². The van der Waals surface area contributed by atoms with Gasteiger partial charge in [-0.2, -0.15) is 0 Å². The number of carbonyl (C=O) groups excluding carboxylic acids is 1. The van der Waals surface area contributed by atoms with Crippen LogP contribution in [0.2, 0.25) is 0 Å². The van der Waals surface area contributed by atoms with E-state index in [4.69, 9.17) is 0 Å². The van der Waals surface area contributed by atoms with E-state index in [0.717, 1.165) is 6.42 Å². The number of rotatable bonds is 3. The molecule has 0 atom stereocenters. The van der Waals surface area contributed by atoms with E-state index in [-0.39, 0.29) is 5.78 Å². The van der Waals surface area contributed by atoms with Crippen LogP contribution in [-0.2, 0) is 18.3 Å². The second-order valence-electron chi connectivity index (χ2n) is 4.87. The molecule has 0 aliphatic carbocycles. The van der Waals surface area contributed by atoms with Gasteiger partial charge >= 0.3 is 0 Å². The van der Waals surface area contributed by atoms with Crippen molar-refractivity contribution in [2.45, 2.75) is 33.6 Å². The van der Waals surface area contributed by atoms with Gasteiger partial charge in [0, 0.05) is 25.1 Å². The molecule has 2 aromatic rings. The van der Waals surface area contributed by atoms with Crippen molar-refractivity contribution in [3.05, 3.63) is 35.0 Å². The number of ketones is 1. The van der Waals surface area contributed by atoms with Crippen molar-refractivity contribution in [1.29, 1.82) is 0 Å². The minimum absolute atomic E-state index is 0.255. The zero-order chi connectivity index (χ0) is 12.6. The molecule has 0 unspecified atom stereocenters. The summed E-state index contributed by atoms with van der Waals surface area (Å²) >= 11 is 0. The van der Waals surface area contributed by atoms with E-state index in [1.807, 2.05) is 0 Å². The first kappa shape index (κ1) is 11.9. The van der Waals surface area contributed by atoms with Crippen LogP contribution in [0, 0.1) is 13.8 Å². The second-order valence-corrected chi connectivity index (χ2v) is 4.87. The van der Waals surface area contributed by atoms with Crippen LogP contribution in [0.4, 0.5) is 0 Å². The highest BCUT2D eigenvalue weighted by molar-refractivity contribution is 5.88. The maximum atomic E-state index is 11.1. The summed E-state index contributed by atoms with van der Waals surface area (Å²) in [7, 11) is 2.08. The van der Waals surface area contributed by atoms with Gasteiger partial charge in [0.05, 0.1) is 5.52 Å². The molecule has 0 radical (unpaired) electrons. The average Bonchev–Trinajstić information content (AvgIpc) is 2.58. The molecular formula is C15H19NO. The second kappa shape index (κ2) is 4.36. The van der Waals surface area contributed by atoms with E-state index in [9.17, 15) is 4.79 Å². The predicted molar refractivity (Wildman–Crippen MR) is 71.4 cm³/mol. The van der Waals surface area contributed by atoms with Gasteiger partial charge in [0.25, 0.3) is 0 Å². The molecule has 90 valence electrons. The minimum Gasteiger partial charge on any atom is -0.350 e. The summed E-state index contributed by atoms with van der Waals surface area (Å²) in [4.78, 5) is 11.1. The van der Waals surface area contributed by atoms with Crippen LogP contribution in [0.25, 0.3) is 10.9 Å². The molecule has 1 heterocycles. The third-order valence-corrected chi connectivity index (χ3v) is 3.50. The first-order valence-corrected chi connectivity index (χ1v) is 6.04. The molecule has 0 aliphatic rings. The zero-order valence-corrected chi connectivity index (χ0v) is 11.0. The van der Waals surface area contributed by atoms with Gasteiger partial charge < -0.3 is 9.36 Å². The van der Waals surface area contributed by atoms with Crippen molar-refractivity contribution in [3.8, 4) is 0 Å². The van der Waals surface area contributed by atoms with E-state index in [2.05, 4.69) is 43.8 Å². The maximum absolute atomic E-state index is 11.1. The van der Waals surface area contributed by atoms with Gasteiger partial charge in [-0.25, -0.2) is 0 Å². The van der Waals surface area contributed by atoms with E-state index in [1.165, 1.54) is 27.6 Å². The lowest BCUT2D eigenvalue weighted by Crippen LogP contribution is -1.93. The molecule has 0 saturated carbocycles. The van der Waals surface area contributed by atoms with Crippen LogP contribution in [-0.4, -0.2) is 10.4 Å². The largest absolute Gasteiger partial charge is 0.350 e. The Hall–Kier alpha value is -1.57. The van der Waals surface area contributed by atoms with Crippen molar-refractivity contribution in [3.63, 3.8) is 0 Å². The van der Waals surface area contributed by atoms with Gasteiger partial charge in [0.15, 0.2) is 0 Å². The molecule has 0 amide bonds. The Morgan fingerprint density at radius 3 is 2.65 bits per heavy atom. The fourth-order valence-corrected chi connectivity index (χ4v) is 2.39. The molecule has 0 spiro atoms. The van der Waals surface area contributed by atoms with E-state index >= 15 is 0 Å². The number of benzene rings is 1. The highest BCUT2D eigenvalue weighted by Crippen LogP contribution is 2.26. The summed E-state index contributed by atoms with van der Waals surface area (Å²) in [5.41, 5.74) is 5.22. The minimum atomic E-state index is 0.255. The molecule has 2 nitrogen and oxygen atoms in total. The van der Waals surface area contributed by atoms with E-state index in [0.29, 0.717) is 6.42 Å². The quantitative estimate of drug-likeness (QED) is 0.791. The Labute approximate surface area is 102 Å². The zero-order valence-electron chi connectivity index (χ0n) is 11.0. The summed E-state index contributed by atoms with van der Waals surface area (Å²) in [6, 6.07) is 4.34. The molecule has 0 aliphatic heterocycles. The van der Waals surface area contributed by atoms with Crippen molar-refractivity contribution in [1.82, 2.24) is 4.57 Å². The summed E-state index contributed by atoms with van der Waals surface area (Å²) in [6.45, 7) is 5.95. The molecule has 0 fully saturated rings. The molecule has 17 heavy (non-hydrogen) atoms. The van der Waals surface area contributed by atoms with Crippen molar-refractivity contribution in [2.75, 3.05) is 0 Å². The molecule has 0 saturated heterocycles. The molecule has 0 N–H and O–H groups in total. The number of aromatic nitrogens is 1. The lowest BCUT2D eigenvalue weighted by molar-refractivity contribution is -0.116. The maximum Gasteiger partial charge on any atom is 0.130 e. The fraction of sp³-hybridized carbons (Fsp3) is 0.400. The topological polar surface area (TPSA) is 22.0 Å². The van der Waals surface area contributed by atoms with Crippen LogP contribution < -0.4 is 0 Å². The Kier molecular flexibility index (Phi) is 3.05. The average molecular weight is 229 g/mol. The number of hydrogen-bond donors (Lipinski definition) is 0.